The van der Waals surface area contributed by atoms with Crippen molar-refractivity contribution in [3.63, 3.8) is 0 Å². The summed E-state index contributed by atoms with van der Waals surface area (Å²) >= 11 is 8.81. The Morgan fingerprint density at radius 2 is 1.67 bits per heavy atom. The first kappa shape index (κ1) is 41.1. The Labute approximate surface area is 309 Å². The number of anilines is 1. The summed E-state index contributed by atoms with van der Waals surface area (Å²) in [6.45, 7) is 0.822. The zero-order chi connectivity index (χ0) is 33.8. The molecule has 2 heterocycles. The van der Waals surface area contributed by atoms with Crippen LogP contribution in [0.2, 0.25) is 5.02 Å². The van der Waals surface area contributed by atoms with Crippen LogP contribution in [0.5, 0.6) is 5.75 Å². The molecule has 0 aliphatic heterocycles. The minimum atomic E-state index is -0.665. The Morgan fingerprint density at radius 1 is 1.00 bits per heavy atom. The summed E-state index contributed by atoms with van der Waals surface area (Å²) in [5.74, 6) is -0.114. The lowest BCUT2D eigenvalue weighted by molar-refractivity contribution is -0.144. The van der Waals surface area contributed by atoms with E-state index in [-0.39, 0.29) is 67.8 Å². The fourth-order valence-corrected chi connectivity index (χ4v) is 6.35. The van der Waals surface area contributed by atoms with Crippen LogP contribution in [-0.2, 0) is 20.1 Å². The SMILES string of the molecule is Cl.Cl.N#Cc1c(N)nc(SCc2csc(-c3ccc(Cl)cc3)n2)c(C#N)c1-c1ccc(OCCOC(=O)CC[C@H](NCCN)C(N)=O)cc1. The van der Waals surface area contributed by atoms with E-state index in [1.165, 1.54) is 23.1 Å². The largest absolute Gasteiger partial charge is 0.490 e. The third kappa shape index (κ3) is 11.5. The molecule has 2 aromatic heterocycles. The van der Waals surface area contributed by atoms with Gasteiger partial charge in [-0.3, -0.25) is 9.59 Å². The molecule has 4 aromatic rings. The van der Waals surface area contributed by atoms with Crippen LogP contribution in [0.3, 0.4) is 0 Å². The number of hydrogen-bond acceptors (Lipinski definition) is 13. The average molecular weight is 764 g/mol. The second-order valence-electron chi connectivity index (χ2n) is 9.92. The van der Waals surface area contributed by atoms with Crippen molar-refractivity contribution in [3.05, 3.63) is 75.8 Å². The third-order valence-electron chi connectivity index (χ3n) is 6.69. The fraction of sp³-hybridized carbons (Fsp3) is 0.250. The number of carbonyl (C=O) groups is 2. The van der Waals surface area contributed by atoms with Crippen LogP contribution in [0, 0.1) is 22.7 Å². The van der Waals surface area contributed by atoms with Gasteiger partial charge in [-0.2, -0.15) is 10.5 Å². The molecular formula is C32H33Cl3N8O4S2. The first-order valence-electron chi connectivity index (χ1n) is 14.3. The monoisotopic (exact) mass is 762 g/mol. The number of pyridine rings is 1. The lowest BCUT2D eigenvalue weighted by atomic mass is 9.97. The number of nitrogens with two attached hydrogens (primary N) is 3. The third-order valence-corrected chi connectivity index (χ3v) is 8.89. The van der Waals surface area contributed by atoms with E-state index < -0.39 is 17.9 Å². The van der Waals surface area contributed by atoms with Gasteiger partial charge in [-0.05, 0) is 36.2 Å². The minimum absolute atomic E-state index is 0. The highest BCUT2D eigenvalue weighted by Gasteiger charge is 2.21. The van der Waals surface area contributed by atoms with E-state index in [9.17, 15) is 20.1 Å². The molecular weight excluding hydrogens is 731 g/mol. The van der Waals surface area contributed by atoms with Crippen LogP contribution in [-0.4, -0.2) is 54.2 Å². The molecule has 258 valence electrons. The molecule has 0 saturated carbocycles. The number of halogens is 3. The van der Waals surface area contributed by atoms with E-state index in [1.807, 2.05) is 29.6 Å². The van der Waals surface area contributed by atoms with Crippen molar-refractivity contribution < 1.29 is 19.1 Å². The molecule has 0 spiro atoms. The number of benzene rings is 2. The molecule has 1 amide bonds. The van der Waals surface area contributed by atoms with E-state index in [1.54, 1.807) is 24.3 Å². The van der Waals surface area contributed by atoms with Crippen LogP contribution in [0.4, 0.5) is 5.82 Å². The molecule has 0 saturated heterocycles. The maximum absolute atomic E-state index is 12.1. The van der Waals surface area contributed by atoms with Crippen molar-refractivity contribution in [2.75, 3.05) is 32.0 Å². The van der Waals surface area contributed by atoms with Gasteiger partial charge >= 0.3 is 5.97 Å². The Morgan fingerprint density at radius 3 is 2.31 bits per heavy atom. The standard InChI is InChI=1S/C32H31ClN8O4S2.2ClH/c33-21-5-1-20(2-6-21)31-40-22(17-46-31)18-47-32-25(16-36)28(24(15-35)29(37)41-32)19-3-7-23(8-4-19)44-13-14-45-27(42)10-9-26(30(38)43)39-12-11-34;;/h1-8,17,26,39H,9-14,18,34H2,(H2,37,41)(H2,38,43);2*1H/t26-;;/m0../s1. The molecule has 2 aromatic carbocycles. The van der Waals surface area contributed by atoms with Crippen molar-refractivity contribution in [3.8, 4) is 39.6 Å². The van der Waals surface area contributed by atoms with Crippen LogP contribution in [0.25, 0.3) is 21.7 Å². The van der Waals surface area contributed by atoms with Gasteiger partial charge in [0.2, 0.25) is 5.91 Å². The maximum atomic E-state index is 12.1. The summed E-state index contributed by atoms with van der Waals surface area (Å²) in [7, 11) is 0. The zero-order valence-corrected chi connectivity index (χ0v) is 29.9. The minimum Gasteiger partial charge on any atom is -0.490 e. The van der Waals surface area contributed by atoms with E-state index in [0.29, 0.717) is 45.8 Å². The van der Waals surface area contributed by atoms with Crippen LogP contribution < -0.4 is 27.3 Å². The average Bonchev–Trinajstić information content (AvgIpc) is 3.55. The Balaban J connectivity index is 0.00000417. The molecule has 0 bridgehead atoms. The molecule has 0 aliphatic carbocycles. The number of ether oxygens (including phenoxy) is 2. The number of rotatable bonds is 16. The summed E-state index contributed by atoms with van der Waals surface area (Å²) in [6, 6.07) is 17.8. The number of hydrogen-bond donors (Lipinski definition) is 4. The highest BCUT2D eigenvalue weighted by atomic mass is 35.5. The van der Waals surface area contributed by atoms with E-state index >= 15 is 0 Å². The maximum Gasteiger partial charge on any atom is 0.305 e. The van der Waals surface area contributed by atoms with Gasteiger partial charge in [0.05, 0.1) is 17.3 Å². The number of esters is 1. The van der Waals surface area contributed by atoms with Gasteiger partial charge in [0.1, 0.15) is 52.5 Å². The van der Waals surface area contributed by atoms with Crippen molar-refractivity contribution in [2.24, 2.45) is 11.5 Å². The van der Waals surface area contributed by atoms with E-state index in [2.05, 4.69) is 22.4 Å². The fourth-order valence-electron chi connectivity index (χ4n) is 4.40. The van der Waals surface area contributed by atoms with Crippen LogP contribution in [0.15, 0.2) is 58.9 Å². The second-order valence-corrected chi connectivity index (χ2v) is 12.2. The molecule has 17 heteroatoms. The van der Waals surface area contributed by atoms with Crippen molar-refractivity contribution in [1.29, 1.82) is 10.5 Å². The predicted octanol–water partition coefficient (Wildman–Crippen LogP) is 5.09. The number of nitrogens with zero attached hydrogens (tertiary/aromatic N) is 4. The van der Waals surface area contributed by atoms with Gasteiger partial charge in [-0.25, -0.2) is 9.97 Å². The van der Waals surface area contributed by atoms with Gasteiger partial charge in [-0.15, -0.1) is 36.2 Å². The number of primary amides is 1. The number of carbonyl (C=O) groups excluding carboxylic acids is 2. The molecule has 0 aliphatic rings. The number of aromatic nitrogens is 2. The van der Waals surface area contributed by atoms with Gasteiger partial charge in [0.25, 0.3) is 0 Å². The predicted molar refractivity (Wildman–Crippen MR) is 196 cm³/mol. The van der Waals surface area contributed by atoms with Gasteiger partial charge in [0, 0.05) is 46.8 Å². The van der Waals surface area contributed by atoms with E-state index in [4.69, 9.17) is 43.3 Å². The number of amides is 1. The molecule has 7 N–H and O–H groups in total. The zero-order valence-electron chi connectivity index (χ0n) is 25.9. The van der Waals surface area contributed by atoms with Crippen LogP contribution in [0.1, 0.15) is 29.7 Å². The molecule has 0 fully saturated rings. The quantitative estimate of drug-likeness (QED) is 0.0667. The summed E-state index contributed by atoms with van der Waals surface area (Å²) in [5.41, 5.74) is 20.0. The van der Waals surface area contributed by atoms with E-state index in [0.717, 1.165) is 16.3 Å². The summed E-state index contributed by atoms with van der Waals surface area (Å²) in [4.78, 5) is 32.6. The van der Waals surface area contributed by atoms with Gasteiger partial charge in [-0.1, -0.05) is 47.6 Å². The second kappa shape index (κ2) is 20.4. The Hall–Kier alpha value is -4.12. The lowest BCUT2D eigenvalue weighted by Gasteiger charge is -2.14. The highest BCUT2D eigenvalue weighted by molar-refractivity contribution is 7.98. The normalized spacial score (nSPS) is 10.9. The number of nitrogen functional groups attached to an aromatic ring is 1. The van der Waals surface area contributed by atoms with Crippen molar-refractivity contribution in [1.82, 2.24) is 15.3 Å². The molecule has 0 unspecified atom stereocenters. The van der Waals surface area contributed by atoms with Gasteiger partial charge < -0.3 is 32.0 Å². The number of nitrogens with one attached hydrogen (secondary N) is 1. The first-order chi connectivity index (χ1) is 22.7. The Kier molecular flexibility index (Phi) is 17.1. The number of thioether (sulfide) groups is 1. The van der Waals surface area contributed by atoms with Crippen molar-refractivity contribution >= 4 is 77.2 Å². The topological polar surface area (TPSA) is 216 Å². The van der Waals surface area contributed by atoms with Gasteiger partial charge in [0.15, 0.2) is 0 Å². The molecule has 49 heavy (non-hydrogen) atoms. The molecule has 4 rings (SSSR count). The smallest absolute Gasteiger partial charge is 0.305 e. The van der Waals surface area contributed by atoms with Crippen LogP contribution >= 0.6 is 59.5 Å². The molecule has 12 nitrogen and oxygen atoms in total. The Bertz CT molecular complexity index is 1800. The lowest BCUT2D eigenvalue weighted by Crippen LogP contribution is -2.43. The number of nitriles is 2. The summed E-state index contributed by atoms with van der Waals surface area (Å²) < 4.78 is 10.9. The summed E-state index contributed by atoms with van der Waals surface area (Å²) in [6.07, 6.45) is 0.202. The first-order valence-corrected chi connectivity index (χ1v) is 16.6. The number of thiazole rings is 1. The summed E-state index contributed by atoms with van der Waals surface area (Å²) in [5, 5.41) is 26.7. The highest BCUT2D eigenvalue weighted by Crippen LogP contribution is 2.37. The molecule has 1 atom stereocenters. The van der Waals surface area contributed by atoms with Crippen molar-refractivity contribution in [2.45, 2.75) is 29.7 Å². The molecule has 0 radical (unpaired) electrons.